The molecule has 0 unspecified atom stereocenters. The molecule has 1 atom stereocenters. The second kappa shape index (κ2) is 5.19. The Bertz CT molecular complexity index is 550. The van der Waals surface area contributed by atoms with E-state index in [1.165, 1.54) is 12.1 Å². The van der Waals surface area contributed by atoms with Crippen LogP contribution < -0.4 is 4.74 Å². The van der Waals surface area contributed by atoms with E-state index in [9.17, 15) is 9.50 Å². The maximum Gasteiger partial charge on any atom is 0.133 e. The molecule has 0 bridgehead atoms. The lowest BCUT2D eigenvalue weighted by atomic mass is 10.1. The van der Waals surface area contributed by atoms with Gasteiger partial charge >= 0.3 is 0 Å². The van der Waals surface area contributed by atoms with Crippen LogP contribution in [-0.4, -0.2) is 5.11 Å². The van der Waals surface area contributed by atoms with E-state index >= 15 is 0 Å². The third-order valence-electron chi connectivity index (χ3n) is 2.74. The highest BCUT2D eigenvalue weighted by Crippen LogP contribution is 2.31. The smallest absolute Gasteiger partial charge is 0.133 e. The molecule has 1 N–H and O–H groups in total. The minimum absolute atomic E-state index is 0.342. The van der Waals surface area contributed by atoms with Gasteiger partial charge in [0, 0.05) is 11.6 Å². The molecule has 0 spiro atoms. The van der Waals surface area contributed by atoms with Gasteiger partial charge in [0.2, 0.25) is 0 Å². The van der Waals surface area contributed by atoms with Gasteiger partial charge in [-0.15, -0.1) is 0 Å². The van der Waals surface area contributed by atoms with Crippen LogP contribution in [0.1, 0.15) is 24.2 Å². The third kappa shape index (κ3) is 2.68. The van der Waals surface area contributed by atoms with Gasteiger partial charge in [0.05, 0.1) is 6.10 Å². The van der Waals surface area contributed by atoms with Gasteiger partial charge in [-0.05, 0) is 31.5 Å². The fourth-order valence-electron chi connectivity index (χ4n) is 1.72. The quantitative estimate of drug-likeness (QED) is 0.887. The Morgan fingerprint density at radius 3 is 2.56 bits per heavy atom. The molecule has 2 aromatic carbocycles. The standard InChI is InChI=1S/C15H15FO2/c1-10-7-8-12(16)9-15(10)18-14-6-4-3-5-13(14)11(2)17/h3-9,11,17H,1-2H3/t11-/m1/s1. The fourth-order valence-corrected chi connectivity index (χ4v) is 1.72. The SMILES string of the molecule is Cc1ccc(F)cc1Oc1ccccc1[C@@H](C)O. The van der Waals surface area contributed by atoms with E-state index in [-0.39, 0.29) is 5.82 Å². The summed E-state index contributed by atoms with van der Waals surface area (Å²) < 4.78 is 18.9. The molecule has 0 saturated carbocycles. The van der Waals surface area contributed by atoms with Crippen molar-refractivity contribution in [2.24, 2.45) is 0 Å². The van der Waals surface area contributed by atoms with Crippen molar-refractivity contribution in [1.29, 1.82) is 0 Å². The van der Waals surface area contributed by atoms with Crippen LogP contribution >= 0.6 is 0 Å². The molecule has 94 valence electrons. The summed E-state index contributed by atoms with van der Waals surface area (Å²) in [6.45, 7) is 3.51. The monoisotopic (exact) mass is 246 g/mol. The van der Waals surface area contributed by atoms with Crippen molar-refractivity contribution in [3.8, 4) is 11.5 Å². The highest BCUT2D eigenvalue weighted by molar-refractivity contribution is 5.41. The highest BCUT2D eigenvalue weighted by Gasteiger charge is 2.10. The van der Waals surface area contributed by atoms with Crippen LogP contribution in [0.3, 0.4) is 0 Å². The van der Waals surface area contributed by atoms with Gasteiger partial charge in [0.1, 0.15) is 17.3 Å². The lowest BCUT2D eigenvalue weighted by Gasteiger charge is -2.14. The number of hydrogen-bond acceptors (Lipinski definition) is 2. The molecule has 3 heteroatoms. The molecule has 0 saturated heterocycles. The van der Waals surface area contributed by atoms with E-state index in [4.69, 9.17) is 4.74 Å². The van der Waals surface area contributed by atoms with E-state index in [1.54, 1.807) is 25.1 Å². The minimum atomic E-state index is -0.630. The Labute approximate surface area is 106 Å². The summed E-state index contributed by atoms with van der Waals surface area (Å²) >= 11 is 0. The maximum atomic E-state index is 13.2. The van der Waals surface area contributed by atoms with Crippen molar-refractivity contribution in [3.05, 3.63) is 59.4 Å². The van der Waals surface area contributed by atoms with Crippen molar-refractivity contribution in [1.82, 2.24) is 0 Å². The van der Waals surface area contributed by atoms with Crippen LogP contribution in [-0.2, 0) is 0 Å². The summed E-state index contributed by atoms with van der Waals surface area (Å²) in [6.07, 6.45) is -0.630. The van der Waals surface area contributed by atoms with E-state index in [0.717, 1.165) is 5.56 Å². The van der Waals surface area contributed by atoms with Crippen molar-refractivity contribution in [2.45, 2.75) is 20.0 Å². The molecular formula is C15H15FO2. The van der Waals surface area contributed by atoms with Gasteiger partial charge in [-0.3, -0.25) is 0 Å². The molecule has 0 aromatic heterocycles. The van der Waals surface area contributed by atoms with Gasteiger partial charge in [-0.1, -0.05) is 24.3 Å². The lowest BCUT2D eigenvalue weighted by molar-refractivity contribution is 0.195. The minimum Gasteiger partial charge on any atom is -0.457 e. The van der Waals surface area contributed by atoms with Gasteiger partial charge in [-0.25, -0.2) is 4.39 Å². The average molecular weight is 246 g/mol. The summed E-state index contributed by atoms with van der Waals surface area (Å²) in [7, 11) is 0. The number of hydrogen-bond donors (Lipinski definition) is 1. The normalized spacial score (nSPS) is 12.2. The molecule has 0 heterocycles. The first kappa shape index (κ1) is 12.6. The second-order valence-electron chi connectivity index (χ2n) is 4.23. The molecule has 2 aromatic rings. The number of aliphatic hydroxyl groups excluding tert-OH is 1. The summed E-state index contributed by atoms with van der Waals surface area (Å²) in [5.74, 6) is 0.662. The molecular weight excluding hydrogens is 231 g/mol. The first-order valence-corrected chi connectivity index (χ1v) is 5.79. The summed E-state index contributed by atoms with van der Waals surface area (Å²) in [5.41, 5.74) is 1.53. The zero-order valence-electron chi connectivity index (χ0n) is 10.4. The van der Waals surface area contributed by atoms with Gasteiger partial charge in [-0.2, -0.15) is 0 Å². The van der Waals surface area contributed by atoms with Gasteiger partial charge < -0.3 is 9.84 Å². The van der Waals surface area contributed by atoms with Crippen LogP contribution in [0, 0.1) is 12.7 Å². The Kier molecular flexibility index (Phi) is 3.63. The van der Waals surface area contributed by atoms with Crippen molar-refractivity contribution >= 4 is 0 Å². The Hall–Kier alpha value is -1.87. The Morgan fingerprint density at radius 1 is 1.11 bits per heavy atom. The van der Waals surface area contributed by atoms with Crippen LogP contribution in [0.25, 0.3) is 0 Å². The number of benzene rings is 2. The van der Waals surface area contributed by atoms with Crippen LogP contribution in [0.4, 0.5) is 4.39 Å². The maximum absolute atomic E-state index is 13.2. The summed E-state index contributed by atoms with van der Waals surface area (Å²) in [6, 6.07) is 11.6. The molecule has 0 fully saturated rings. The van der Waals surface area contributed by atoms with Gasteiger partial charge in [0.25, 0.3) is 0 Å². The zero-order valence-corrected chi connectivity index (χ0v) is 10.4. The Balaban J connectivity index is 2.37. The van der Waals surface area contributed by atoms with Crippen LogP contribution in [0.2, 0.25) is 0 Å². The topological polar surface area (TPSA) is 29.5 Å². The van der Waals surface area contributed by atoms with E-state index in [0.29, 0.717) is 17.1 Å². The molecule has 18 heavy (non-hydrogen) atoms. The van der Waals surface area contributed by atoms with Crippen molar-refractivity contribution in [2.75, 3.05) is 0 Å². The number of ether oxygens (including phenoxy) is 1. The molecule has 0 amide bonds. The molecule has 0 aliphatic carbocycles. The predicted octanol–water partition coefficient (Wildman–Crippen LogP) is 3.98. The number of para-hydroxylation sites is 1. The Morgan fingerprint density at radius 2 is 1.83 bits per heavy atom. The van der Waals surface area contributed by atoms with Crippen molar-refractivity contribution in [3.63, 3.8) is 0 Å². The molecule has 2 rings (SSSR count). The first-order chi connectivity index (χ1) is 8.58. The van der Waals surface area contributed by atoms with Gasteiger partial charge in [0.15, 0.2) is 0 Å². The molecule has 2 nitrogen and oxygen atoms in total. The van der Waals surface area contributed by atoms with Crippen LogP contribution in [0.15, 0.2) is 42.5 Å². The number of rotatable bonds is 3. The van der Waals surface area contributed by atoms with E-state index < -0.39 is 6.10 Å². The van der Waals surface area contributed by atoms with E-state index in [2.05, 4.69) is 0 Å². The lowest BCUT2D eigenvalue weighted by Crippen LogP contribution is -1.97. The zero-order chi connectivity index (χ0) is 13.1. The number of halogens is 1. The molecule has 0 aliphatic rings. The average Bonchev–Trinajstić information content (AvgIpc) is 2.34. The number of aryl methyl sites for hydroxylation is 1. The van der Waals surface area contributed by atoms with E-state index in [1.807, 2.05) is 19.1 Å². The third-order valence-corrected chi connectivity index (χ3v) is 2.74. The largest absolute Gasteiger partial charge is 0.457 e. The fraction of sp³-hybridized carbons (Fsp3) is 0.200. The number of aliphatic hydroxyl groups is 1. The highest BCUT2D eigenvalue weighted by atomic mass is 19.1. The molecule has 0 aliphatic heterocycles. The second-order valence-corrected chi connectivity index (χ2v) is 4.23. The molecule has 0 radical (unpaired) electrons. The van der Waals surface area contributed by atoms with Crippen molar-refractivity contribution < 1.29 is 14.2 Å². The predicted molar refractivity (Wildman–Crippen MR) is 68.3 cm³/mol. The van der Waals surface area contributed by atoms with Crippen LogP contribution in [0.5, 0.6) is 11.5 Å². The first-order valence-electron chi connectivity index (χ1n) is 5.79. The summed E-state index contributed by atoms with van der Waals surface area (Å²) in [4.78, 5) is 0. The summed E-state index contributed by atoms with van der Waals surface area (Å²) in [5, 5.41) is 9.65.